The lowest BCUT2D eigenvalue weighted by molar-refractivity contribution is -0.142. The number of carbonyl (C=O) groups excluding carboxylic acids is 1. The van der Waals surface area contributed by atoms with Crippen LogP contribution in [0.25, 0.3) is 0 Å². The van der Waals surface area contributed by atoms with Gasteiger partial charge in [0.15, 0.2) is 0 Å². The highest BCUT2D eigenvalue weighted by molar-refractivity contribution is 5.74. The van der Waals surface area contributed by atoms with Crippen molar-refractivity contribution in [3.63, 3.8) is 0 Å². The molecule has 0 saturated carbocycles. The quantitative estimate of drug-likeness (QED) is 0.696. The van der Waals surface area contributed by atoms with Gasteiger partial charge in [0.1, 0.15) is 0 Å². The molecule has 1 rings (SSSR count). The number of rotatable bonds is 3. The molecule has 2 nitrogen and oxygen atoms in total. The second-order valence-electron chi connectivity index (χ2n) is 8.41. The molecule has 1 aliphatic heterocycles. The largest absolute Gasteiger partial charge is 0.465 e. The Morgan fingerprint density at radius 2 is 1.67 bits per heavy atom. The Kier molecular flexibility index (Phi) is 4.19. The van der Waals surface area contributed by atoms with E-state index in [-0.39, 0.29) is 28.1 Å². The van der Waals surface area contributed by atoms with E-state index >= 15 is 0 Å². The molecule has 1 heterocycles. The van der Waals surface area contributed by atoms with E-state index in [1.54, 1.807) is 0 Å². The van der Waals surface area contributed by atoms with E-state index in [9.17, 15) is 4.79 Å². The summed E-state index contributed by atoms with van der Waals surface area (Å²) in [6, 6.07) is 0. The third-order valence-electron chi connectivity index (χ3n) is 4.47. The van der Waals surface area contributed by atoms with Crippen LogP contribution in [0.1, 0.15) is 67.7 Å². The number of hydrogen-bond donors (Lipinski definition) is 0. The molecule has 106 valence electrons. The number of cyclic esters (lactones) is 1. The monoisotopic (exact) mass is 254 g/mol. The van der Waals surface area contributed by atoms with Crippen molar-refractivity contribution < 1.29 is 9.53 Å². The molecule has 0 spiro atoms. The summed E-state index contributed by atoms with van der Waals surface area (Å²) in [7, 11) is 0. The Bertz CT molecular complexity index is 306. The Balaban J connectivity index is 2.88. The average Bonchev–Trinajstić information content (AvgIpc) is 2.46. The van der Waals surface area contributed by atoms with E-state index in [2.05, 4.69) is 48.5 Å². The first-order valence-corrected chi connectivity index (χ1v) is 7.11. The van der Waals surface area contributed by atoms with Crippen LogP contribution < -0.4 is 0 Å². The third kappa shape index (κ3) is 3.73. The molecule has 0 radical (unpaired) electrons. The molecule has 0 N–H and O–H groups in total. The molecule has 2 heteroatoms. The van der Waals surface area contributed by atoms with Gasteiger partial charge >= 0.3 is 5.97 Å². The van der Waals surface area contributed by atoms with Crippen molar-refractivity contribution in [1.82, 2.24) is 0 Å². The number of ether oxygens (including phenoxy) is 1. The highest BCUT2D eigenvalue weighted by Gasteiger charge is 2.44. The summed E-state index contributed by atoms with van der Waals surface area (Å²) in [6.07, 6.45) is 2.98. The summed E-state index contributed by atoms with van der Waals surface area (Å²) in [5.74, 6) is 0.121. The Hall–Kier alpha value is -0.530. The smallest absolute Gasteiger partial charge is 0.309 e. The standard InChI is InChI=1S/C16H30O2/c1-14(2,3)11-16(7,15(4,5)6)10-12-8-9-18-13(12)17/h12H,8-11H2,1-7H3. The highest BCUT2D eigenvalue weighted by atomic mass is 16.5. The summed E-state index contributed by atoms with van der Waals surface area (Å²) < 4.78 is 5.12. The van der Waals surface area contributed by atoms with E-state index in [1.165, 1.54) is 0 Å². The maximum Gasteiger partial charge on any atom is 0.309 e. The third-order valence-corrected chi connectivity index (χ3v) is 4.47. The minimum atomic E-state index is 0.0133. The van der Waals surface area contributed by atoms with E-state index in [1.807, 2.05) is 0 Å². The van der Waals surface area contributed by atoms with Crippen molar-refractivity contribution in [3.8, 4) is 0 Å². The summed E-state index contributed by atoms with van der Waals surface area (Å²) >= 11 is 0. The second-order valence-corrected chi connectivity index (χ2v) is 8.41. The van der Waals surface area contributed by atoms with Crippen LogP contribution in [-0.2, 0) is 9.53 Å². The zero-order chi connectivity index (χ0) is 14.2. The van der Waals surface area contributed by atoms with Crippen molar-refractivity contribution in [1.29, 1.82) is 0 Å². The van der Waals surface area contributed by atoms with E-state index in [4.69, 9.17) is 4.74 Å². The van der Waals surface area contributed by atoms with Gasteiger partial charge < -0.3 is 4.74 Å². The molecule has 0 aromatic heterocycles. The highest BCUT2D eigenvalue weighted by Crippen LogP contribution is 2.51. The molecule has 18 heavy (non-hydrogen) atoms. The maximum absolute atomic E-state index is 11.7. The molecular formula is C16H30O2. The van der Waals surface area contributed by atoms with Gasteiger partial charge in [0.05, 0.1) is 12.5 Å². The fourth-order valence-corrected chi connectivity index (χ4v) is 3.08. The lowest BCUT2D eigenvalue weighted by Gasteiger charge is -2.47. The Morgan fingerprint density at radius 1 is 1.11 bits per heavy atom. The first-order valence-electron chi connectivity index (χ1n) is 7.11. The summed E-state index contributed by atoms with van der Waals surface area (Å²) in [6.45, 7) is 16.7. The second kappa shape index (κ2) is 4.86. The lowest BCUT2D eigenvalue weighted by Crippen LogP contribution is -2.38. The van der Waals surface area contributed by atoms with Crippen molar-refractivity contribution in [3.05, 3.63) is 0 Å². The minimum Gasteiger partial charge on any atom is -0.465 e. The van der Waals surface area contributed by atoms with Gasteiger partial charge in [-0.15, -0.1) is 0 Å². The van der Waals surface area contributed by atoms with E-state index in [0.717, 1.165) is 19.3 Å². The van der Waals surface area contributed by atoms with Crippen molar-refractivity contribution >= 4 is 5.97 Å². The van der Waals surface area contributed by atoms with E-state index in [0.29, 0.717) is 6.61 Å². The van der Waals surface area contributed by atoms with Crippen LogP contribution in [0.3, 0.4) is 0 Å². The molecule has 0 amide bonds. The topological polar surface area (TPSA) is 26.3 Å². The summed E-state index contributed by atoms with van der Waals surface area (Å²) in [5.41, 5.74) is 0.646. The predicted octanol–water partition coefficient (Wildman–Crippen LogP) is 4.43. The number of esters is 1. The van der Waals surface area contributed by atoms with Crippen molar-refractivity contribution in [2.75, 3.05) is 6.61 Å². The molecular weight excluding hydrogens is 224 g/mol. The summed E-state index contributed by atoms with van der Waals surface area (Å²) in [4.78, 5) is 11.7. The molecule has 2 atom stereocenters. The van der Waals surface area contributed by atoms with Gasteiger partial charge in [-0.25, -0.2) is 0 Å². The van der Waals surface area contributed by atoms with Gasteiger partial charge in [0, 0.05) is 0 Å². The fourth-order valence-electron chi connectivity index (χ4n) is 3.08. The van der Waals surface area contributed by atoms with Gasteiger partial charge in [-0.05, 0) is 35.5 Å². The van der Waals surface area contributed by atoms with Gasteiger partial charge in [-0.1, -0.05) is 48.5 Å². The molecule has 0 aromatic carbocycles. The van der Waals surface area contributed by atoms with Crippen LogP contribution in [-0.4, -0.2) is 12.6 Å². The Labute approximate surface area is 112 Å². The molecule has 0 aromatic rings. The van der Waals surface area contributed by atoms with Gasteiger partial charge in [-0.2, -0.15) is 0 Å². The fraction of sp³-hybridized carbons (Fsp3) is 0.938. The van der Waals surface area contributed by atoms with Crippen LogP contribution in [0.2, 0.25) is 0 Å². The average molecular weight is 254 g/mol. The molecule has 1 aliphatic rings. The SMILES string of the molecule is CC(C)(C)CC(C)(CC1CCOC1=O)C(C)(C)C. The zero-order valence-corrected chi connectivity index (χ0v) is 13.2. The predicted molar refractivity (Wildman–Crippen MR) is 75.3 cm³/mol. The molecule has 0 bridgehead atoms. The summed E-state index contributed by atoms with van der Waals surface area (Å²) in [5, 5.41) is 0. The number of carbonyl (C=O) groups is 1. The maximum atomic E-state index is 11.7. The van der Waals surface area contributed by atoms with E-state index < -0.39 is 0 Å². The molecule has 1 fully saturated rings. The minimum absolute atomic E-state index is 0.0133. The van der Waals surface area contributed by atoms with Crippen molar-refractivity contribution in [2.45, 2.75) is 67.7 Å². The lowest BCUT2D eigenvalue weighted by atomic mass is 9.58. The van der Waals surface area contributed by atoms with Gasteiger partial charge in [-0.3, -0.25) is 4.79 Å². The Morgan fingerprint density at radius 3 is 2.00 bits per heavy atom. The van der Waals surface area contributed by atoms with Crippen LogP contribution in [0.5, 0.6) is 0 Å². The first-order chi connectivity index (χ1) is 7.95. The molecule has 1 saturated heterocycles. The zero-order valence-electron chi connectivity index (χ0n) is 13.2. The van der Waals surface area contributed by atoms with Crippen LogP contribution in [0.15, 0.2) is 0 Å². The van der Waals surface area contributed by atoms with Crippen LogP contribution in [0.4, 0.5) is 0 Å². The molecule has 2 unspecified atom stereocenters. The van der Waals surface area contributed by atoms with Gasteiger partial charge in [0.25, 0.3) is 0 Å². The van der Waals surface area contributed by atoms with Crippen molar-refractivity contribution in [2.24, 2.45) is 22.2 Å². The van der Waals surface area contributed by atoms with Crippen LogP contribution >= 0.6 is 0 Å². The van der Waals surface area contributed by atoms with Gasteiger partial charge in [0.2, 0.25) is 0 Å². The number of hydrogen-bond acceptors (Lipinski definition) is 2. The van der Waals surface area contributed by atoms with Crippen LogP contribution in [0, 0.1) is 22.2 Å². The normalized spacial score (nSPS) is 24.8. The first kappa shape index (κ1) is 15.5. The molecule has 0 aliphatic carbocycles.